The van der Waals surface area contributed by atoms with Crippen molar-refractivity contribution in [3.63, 3.8) is 0 Å². The molecule has 1 aromatic heterocycles. The van der Waals surface area contributed by atoms with Gasteiger partial charge in [0, 0.05) is 26.0 Å². The minimum atomic E-state index is -0.0781. The SMILES string of the molecule is CCOc1ccc(OCC(=O)N(C)Cc2ccncc2)cc1. The van der Waals surface area contributed by atoms with Crippen molar-refractivity contribution in [2.24, 2.45) is 0 Å². The molecule has 0 radical (unpaired) electrons. The van der Waals surface area contributed by atoms with Crippen LogP contribution in [0.3, 0.4) is 0 Å². The summed E-state index contributed by atoms with van der Waals surface area (Å²) in [4.78, 5) is 17.6. The molecule has 0 spiro atoms. The molecule has 0 unspecified atom stereocenters. The number of ether oxygens (including phenoxy) is 2. The molecule has 1 amide bonds. The molecule has 22 heavy (non-hydrogen) atoms. The summed E-state index contributed by atoms with van der Waals surface area (Å²) in [6, 6.07) is 11.0. The third-order valence-electron chi connectivity index (χ3n) is 3.09. The van der Waals surface area contributed by atoms with Gasteiger partial charge in [-0.15, -0.1) is 0 Å². The summed E-state index contributed by atoms with van der Waals surface area (Å²) in [5, 5.41) is 0. The Morgan fingerprint density at radius 3 is 2.23 bits per heavy atom. The number of likely N-dealkylation sites (N-methyl/N-ethyl adjacent to an activating group) is 1. The Hall–Kier alpha value is -2.56. The maximum absolute atomic E-state index is 12.1. The van der Waals surface area contributed by atoms with E-state index in [1.165, 1.54) is 0 Å². The van der Waals surface area contributed by atoms with Crippen LogP contribution < -0.4 is 9.47 Å². The highest BCUT2D eigenvalue weighted by molar-refractivity contribution is 5.77. The number of nitrogens with zero attached hydrogens (tertiary/aromatic N) is 2. The number of hydrogen-bond donors (Lipinski definition) is 0. The molecule has 1 aromatic carbocycles. The molecule has 0 atom stereocenters. The maximum Gasteiger partial charge on any atom is 0.260 e. The third-order valence-corrected chi connectivity index (χ3v) is 3.09. The second-order valence-electron chi connectivity index (χ2n) is 4.80. The fraction of sp³-hybridized carbons (Fsp3) is 0.294. The summed E-state index contributed by atoms with van der Waals surface area (Å²) in [6.07, 6.45) is 3.42. The van der Waals surface area contributed by atoms with Crippen LogP contribution in [0.2, 0.25) is 0 Å². The number of rotatable bonds is 7. The smallest absolute Gasteiger partial charge is 0.260 e. The van der Waals surface area contributed by atoms with Gasteiger partial charge in [0.2, 0.25) is 0 Å². The minimum Gasteiger partial charge on any atom is -0.494 e. The zero-order valence-electron chi connectivity index (χ0n) is 12.9. The van der Waals surface area contributed by atoms with E-state index in [-0.39, 0.29) is 12.5 Å². The molecule has 2 rings (SSSR count). The number of carbonyl (C=O) groups excluding carboxylic acids is 1. The number of carbonyl (C=O) groups is 1. The lowest BCUT2D eigenvalue weighted by atomic mass is 10.2. The standard InChI is InChI=1S/C17H20N2O3/c1-3-21-15-4-6-16(7-5-15)22-13-17(20)19(2)12-14-8-10-18-11-9-14/h4-11H,3,12-13H2,1-2H3. The summed E-state index contributed by atoms with van der Waals surface area (Å²) in [5.41, 5.74) is 1.03. The molecular weight excluding hydrogens is 280 g/mol. The van der Waals surface area contributed by atoms with Gasteiger partial charge in [-0.3, -0.25) is 9.78 Å². The van der Waals surface area contributed by atoms with Gasteiger partial charge >= 0.3 is 0 Å². The Morgan fingerprint density at radius 1 is 1.05 bits per heavy atom. The van der Waals surface area contributed by atoms with Gasteiger partial charge in [-0.25, -0.2) is 0 Å². The summed E-state index contributed by atoms with van der Waals surface area (Å²) >= 11 is 0. The first kappa shape index (κ1) is 15.8. The van der Waals surface area contributed by atoms with E-state index in [0.717, 1.165) is 11.3 Å². The van der Waals surface area contributed by atoms with E-state index in [1.54, 1.807) is 36.5 Å². The normalized spacial score (nSPS) is 10.1. The lowest BCUT2D eigenvalue weighted by molar-refractivity contribution is -0.132. The summed E-state index contributed by atoms with van der Waals surface area (Å²) in [6.45, 7) is 3.10. The molecule has 5 heteroatoms. The first-order chi connectivity index (χ1) is 10.7. The predicted molar refractivity (Wildman–Crippen MR) is 83.8 cm³/mol. The number of benzene rings is 1. The largest absolute Gasteiger partial charge is 0.494 e. The van der Waals surface area contributed by atoms with E-state index in [2.05, 4.69) is 4.98 Å². The average Bonchev–Trinajstić information content (AvgIpc) is 2.55. The molecule has 0 fully saturated rings. The van der Waals surface area contributed by atoms with Crippen LogP contribution in [0.4, 0.5) is 0 Å². The van der Waals surface area contributed by atoms with Crippen molar-refractivity contribution in [1.29, 1.82) is 0 Å². The molecule has 0 N–H and O–H groups in total. The molecule has 0 aliphatic heterocycles. The van der Waals surface area contributed by atoms with Crippen molar-refractivity contribution in [1.82, 2.24) is 9.88 Å². The topological polar surface area (TPSA) is 51.7 Å². The Balaban J connectivity index is 1.81. The van der Waals surface area contributed by atoms with Gasteiger partial charge in [0.25, 0.3) is 5.91 Å². The molecule has 1 heterocycles. The fourth-order valence-corrected chi connectivity index (χ4v) is 1.90. The Kier molecular flexibility index (Phi) is 5.77. The van der Waals surface area contributed by atoms with Gasteiger partial charge in [-0.05, 0) is 48.9 Å². The van der Waals surface area contributed by atoms with Crippen LogP contribution in [0.15, 0.2) is 48.8 Å². The van der Waals surface area contributed by atoms with Crippen LogP contribution >= 0.6 is 0 Å². The molecule has 116 valence electrons. The van der Waals surface area contributed by atoms with Crippen molar-refractivity contribution in [3.05, 3.63) is 54.4 Å². The van der Waals surface area contributed by atoms with Gasteiger partial charge in [-0.1, -0.05) is 0 Å². The van der Waals surface area contributed by atoms with Crippen LogP contribution in [-0.4, -0.2) is 36.1 Å². The van der Waals surface area contributed by atoms with Crippen LogP contribution in [0.1, 0.15) is 12.5 Å². The van der Waals surface area contributed by atoms with Gasteiger partial charge < -0.3 is 14.4 Å². The van der Waals surface area contributed by atoms with Gasteiger partial charge in [0.1, 0.15) is 11.5 Å². The van der Waals surface area contributed by atoms with Crippen LogP contribution in [0.5, 0.6) is 11.5 Å². The van der Waals surface area contributed by atoms with Crippen molar-refractivity contribution in [2.75, 3.05) is 20.3 Å². The number of aromatic nitrogens is 1. The lowest BCUT2D eigenvalue weighted by Gasteiger charge is -2.17. The van der Waals surface area contributed by atoms with Crippen LogP contribution in [0, 0.1) is 0 Å². The summed E-state index contributed by atoms with van der Waals surface area (Å²) in [5.74, 6) is 1.36. The second-order valence-corrected chi connectivity index (χ2v) is 4.80. The van der Waals surface area contributed by atoms with E-state index in [1.807, 2.05) is 31.2 Å². The fourth-order valence-electron chi connectivity index (χ4n) is 1.90. The van der Waals surface area contributed by atoms with E-state index in [0.29, 0.717) is 18.9 Å². The van der Waals surface area contributed by atoms with Crippen molar-refractivity contribution in [3.8, 4) is 11.5 Å². The van der Waals surface area contributed by atoms with Gasteiger partial charge in [0.05, 0.1) is 6.61 Å². The first-order valence-electron chi connectivity index (χ1n) is 7.17. The summed E-state index contributed by atoms with van der Waals surface area (Å²) in [7, 11) is 1.75. The third kappa shape index (κ3) is 4.77. The Morgan fingerprint density at radius 2 is 1.64 bits per heavy atom. The highest BCUT2D eigenvalue weighted by Crippen LogP contribution is 2.17. The number of amides is 1. The van der Waals surface area contributed by atoms with Crippen LogP contribution in [0.25, 0.3) is 0 Å². The molecule has 0 saturated carbocycles. The van der Waals surface area contributed by atoms with Crippen molar-refractivity contribution < 1.29 is 14.3 Å². The number of pyridine rings is 1. The second kappa shape index (κ2) is 8.02. The average molecular weight is 300 g/mol. The van der Waals surface area contributed by atoms with Crippen molar-refractivity contribution >= 4 is 5.91 Å². The maximum atomic E-state index is 12.1. The summed E-state index contributed by atoms with van der Waals surface area (Å²) < 4.78 is 10.9. The highest BCUT2D eigenvalue weighted by atomic mass is 16.5. The first-order valence-corrected chi connectivity index (χ1v) is 7.17. The Labute approximate surface area is 130 Å². The minimum absolute atomic E-state index is 0.00949. The highest BCUT2D eigenvalue weighted by Gasteiger charge is 2.10. The van der Waals surface area contributed by atoms with Crippen LogP contribution in [-0.2, 0) is 11.3 Å². The van der Waals surface area contributed by atoms with E-state index in [4.69, 9.17) is 9.47 Å². The lowest BCUT2D eigenvalue weighted by Crippen LogP contribution is -2.30. The Bertz CT molecular complexity index is 585. The van der Waals surface area contributed by atoms with E-state index in [9.17, 15) is 4.79 Å². The van der Waals surface area contributed by atoms with Gasteiger partial charge in [0.15, 0.2) is 6.61 Å². The molecule has 5 nitrogen and oxygen atoms in total. The van der Waals surface area contributed by atoms with E-state index < -0.39 is 0 Å². The van der Waals surface area contributed by atoms with E-state index >= 15 is 0 Å². The molecule has 0 aliphatic rings. The molecular formula is C17H20N2O3. The van der Waals surface area contributed by atoms with Crippen molar-refractivity contribution in [2.45, 2.75) is 13.5 Å². The number of hydrogen-bond acceptors (Lipinski definition) is 4. The zero-order chi connectivity index (χ0) is 15.8. The molecule has 0 saturated heterocycles. The zero-order valence-corrected chi connectivity index (χ0v) is 12.9. The molecule has 0 bridgehead atoms. The molecule has 0 aliphatic carbocycles. The monoisotopic (exact) mass is 300 g/mol. The predicted octanol–water partition coefficient (Wildman–Crippen LogP) is 2.52. The molecule has 2 aromatic rings. The quantitative estimate of drug-likeness (QED) is 0.788. The van der Waals surface area contributed by atoms with Gasteiger partial charge in [-0.2, -0.15) is 0 Å².